The van der Waals surface area contributed by atoms with Gasteiger partial charge in [0.25, 0.3) is 5.91 Å². The molecule has 0 radical (unpaired) electrons. The number of fused-ring (bicyclic) bond motifs is 1. The fourth-order valence-corrected chi connectivity index (χ4v) is 3.79. The van der Waals surface area contributed by atoms with E-state index in [9.17, 15) is 18.0 Å². The zero-order valence-electron chi connectivity index (χ0n) is 17.7. The molecule has 3 aromatic carbocycles. The number of amides is 1. The average molecular weight is 463 g/mol. The Morgan fingerprint density at radius 2 is 1.78 bits per heavy atom. The molecule has 170 valence electrons. The first-order valence-corrected chi connectivity index (χ1v) is 10.1. The molecule has 1 amide bonds. The number of hydrogen-bond acceptors (Lipinski definition) is 3. The molecule has 0 bridgehead atoms. The summed E-state index contributed by atoms with van der Waals surface area (Å²) in [5, 5.41) is 4.65. The van der Waals surface area contributed by atoms with Gasteiger partial charge in [-0.15, -0.1) is 0 Å². The minimum atomic E-state index is -4.39. The van der Waals surface area contributed by atoms with Gasteiger partial charge in [-0.3, -0.25) is 4.79 Å². The van der Waals surface area contributed by atoms with E-state index >= 15 is 0 Å². The summed E-state index contributed by atoms with van der Waals surface area (Å²) < 4.78 is 44.1. The second kappa shape index (κ2) is 9.42. The summed E-state index contributed by atoms with van der Waals surface area (Å²) in [6, 6.07) is 15.4. The van der Waals surface area contributed by atoms with Gasteiger partial charge in [-0.25, -0.2) is 0 Å². The van der Waals surface area contributed by atoms with Gasteiger partial charge >= 0.3 is 6.18 Å². The molecule has 1 saturated heterocycles. The number of benzene rings is 3. The van der Waals surface area contributed by atoms with Crippen LogP contribution in [-0.4, -0.2) is 37.0 Å². The maximum absolute atomic E-state index is 12.7. The molecule has 4 nitrogen and oxygen atoms in total. The van der Waals surface area contributed by atoms with E-state index in [0.29, 0.717) is 23.0 Å². The number of alkyl halides is 3. The highest BCUT2D eigenvalue weighted by Crippen LogP contribution is 2.33. The number of likely N-dealkylation sites (tertiary alicyclic amines) is 1. The molecule has 1 aliphatic rings. The second-order valence-corrected chi connectivity index (χ2v) is 8.06. The first-order chi connectivity index (χ1) is 14.7. The van der Waals surface area contributed by atoms with Crippen molar-refractivity contribution in [2.24, 2.45) is 5.92 Å². The molecule has 1 atom stereocenters. The van der Waals surface area contributed by atoms with E-state index in [1.807, 2.05) is 13.0 Å². The van der Waals surface area contributed by atoms with Crippen LogP contribution in [0.15, 0.2) is 60.7 Å². The van der Waals surface area contributed by atoms with Crippen molar-refractivity contribution in [2.45, 2.75) is 19.1 Å². The van der Waals surface area contributed by atoms with Crippen LogP contribution in [0.2, 0.25) is 0 Å². The lowest BCUT2D eigenvalue weighted by Gasteiger charge is -2.40. The molecule has 3 aromatic rings. The highest BCUT2D eigenvalue weighted by molar-refractivity contribution is 7.59. The Labute approximate surface area is 191 Å². The Hall–Kier alpha value is -2.71. The molecule has 8 heteroatoms. The van der Waals surface area contributed by atoms with E-state index in [1.54, 1.807) is 30.3 Å². The number of halogens is 3. The SMILES string of the molecule is C[C@H](NC(=O)c1ccc2c(Oc3ccc(C(F)(F)F)cc3)cccc2c1)C1CN(C)C1.S. The fraction of sp³-hybridized carbons (Fsp3) is 0.292. The molecule has 0 aliphatic carbocycles. The zero-order valence-corrected chi connectivity index (χ0v) is 18.7. The zero-order chi connectivity index (χ0) is 22.2. The van der Waals surface area contributed by atoms with Crippen LogP contribution < -0.4 is 10.1 Å². The molecule has 0 aromatic heterocycles. The van der Waals surface area contributed by atoms with Crippen molar-refractivity contribution in [1.29, 1.82) is 0 Å². The summed E-state index contributed by atoms with van der Waals surface area (Å²) in [6.45, 7) is 3.97. The molecule has 1 N–H and O–H groups in total. The summed E-state index contributed by atoms with van der Waals surface area (Å²) in [5.41, 5.74) is -0.171. The van der Waals surface area contributed by atoms with Crippen molar-refractivity contribution in [3.63, 3.8) is 0 Å². The first kappa shape index (κ1) is 23.9. The largest absolute Gasteiger partial charge is 0.457 e. The summed E-state index contributed by atoms with van der Waals surface area (Å²) >= 11 is 0. The lowest BCUT2D eigenvalue weighted by Crippen LogP contribution is -2.53. The first-order valence-electron chi connectivity index (χ1n) is 10.1. The Kier molecular flexibility index (Phi) is 7.05. The third-order valence-electron chi connectivity index (χ3n) is 5.67. The third kappa shape index (κ3) is 5.19. The van der Waals surface area contributed by atoms with Crippen LogP contribution >= 0.6 is 13.5 Å². The molecule has 1 fully saturated rings. The van der Waals surface area contributed by atoms with Crippen molar-refractivity contribution < 1.29 is 22.7 Å². The second-order valence-electron chi connectivity index (χ2n) is 8.06. The molecule has 0 unspecified atom stereocenters. The molecule has 0 saturated carbocycles. The Balaban J connectivity index is 0.00000289. The molecular formula is C24H25F3N2O2S. The van der Waals surface area contributed by atoms with Crippen LogP contribution in [0.3, 0.4) is 0 Å². The normalized spacial score (nSPS) is 15.5. The minimum Gasteiger partial charge on any atom is -0.457 e. The van der Waals surface area contributed by atoms with E-state index in [4.69, 9.17) is 4.74 Å². The molecule has 32 heavy (non-hydrogen) atoms. The number of ether oxygens (including phenoxy) is 1. The van der Waals surface area contributed by atoms with Crippen molar-refractivity contribution in [1.82, 2.24) is 10.2 Å². The van der Waals surface area contributed by atoms with Gasteiger partial charge in [0.05, 0.1) is 5.56 Å². The van der Waals surface area contributed by atoms with Crippen molar-refractivity contribution in [3.05, 3.63) is 71.8 Å². The van der Waals surface area contributed by atoms with Gasteiger partial charge in [0, 0.05) is 36.0 Å². The highest BCUT2D eigenvalue weighted by Gasteiger charge is 2.30. The third-order valence-corrected chi connectivity index (χ3v) is 5.67. The number of rotatable bonds is 5. The van der Waals surface area contributed by atoms with Crippen molar-refractivity contribution in [2.75, 3.05) is 20.1 Å². The topological polar surface area (TPSA) is 41.6 Å². The molecule has 1 heterocycles. The molecular weight excluding hydrogens is 437 g/mol. The van der Waals surface area contributed by atoms with E-state index in [0.717, 1.165) is 36.0 Å². The van der Waals surface area contributed by atoms with Gasteiger partial charge in [-0.05, 0) is 67.9 Å². The van der Waals surface area contributed by atoms with Crippen LogP contribution in [0, 0.1) is 5.92 Å². The van der Waals surface area contributed by atoms with Gasteiger partial charge < -0.3 is 15.0 Å². The average Bonchev–Trinajstić information content (AvgIpc) is 2.71. The van der Waals surface area contributed by atoms with Crippen molar-refractivity contribution in [3.8, 4) is 11.5 Å². The Bertz CT molecular complexity index is 1100. The lowest BCUT2D eigenvalue weighted by molar-refractivity contribution is -0.137. The van der Waals surface area contributed by atoms with Gasteiger partial charge in [0.1, 0.15) is 11.5 Å². The van der Waals surface area contributed by atoms with Crippen LogP contribution in [0.5, 0.6) is 11.5 Å². The quantitative estimate of drug-likeness (QED) is 0.549. The maximum Gasteiger partial charge on any atom is 0.416 e. The van der Waals surface area contributed by atoms with Crippen LogP contribution in [0.1, 0.15) is 22.8 Å². The van der Waals surface area contributed by atoms with E-state index in [1.165, 1.54) is 12.1 Å². The molecule has 1 aliphatic heterocycles. The van der Waals surface area contributed by atoms with E-state index < -0.39 is 11.7 Å². The van der Waals surface area contributed by atoms with E-state index in [2.05, 4.69) is 17.3 Å². The summed E-state index contributed by atoms with van der Waals surface area (Å²) in [6.07, 6.45) is -4.39. The highest BCUT2D eigenvalue weighted by atomic mass is 32.1. The van der Waals surface area contributed by atoms with Gasteiger partial charge in [0.2, 0.25) is 0 Å². The number of carbonyl (C=O) groups is 1. The van der Waals surface area contributed by atoms with Crippen LogP contribution in [0.4, 0.5) is 13.2 Å². The number of nitrogens with one attached hydrogen (secondary N) is 1. The number of carbonyl (C=O) groups excluding carboxylic acids is 1. The summed E-state index contributed by atoms with van der Waals surface area (Å²) in [4.78, 5) is 14.9. The van der Waals surface area contributed by atoms with Gasteiger partial charge in [0.15, 0.2) is 0 Å². The van der Waals surface area contributed by atoms with Crippen LogP contribution in [-0.2, 0) is 6.18 Å². The number of hydrogen-bond donors (Lipinski definition) is 1. The van der Waals surface area contributed by atoms with Gasteiger partial charge in [-0.1, -0.05) is 12.1 Å². The minimum absolute atomic E-state index is 0. The predicted molar refractivity (Wildman–Crippen MR) is 124 cm³/mol. The molecule has 0 spiro atoms. The monoisotopic (exact) mass is 462 g/mol. The van der Waals surface area contributed by atoms with Gasteiger partial charge in [-0.2, -0.15) is 26.7 Å². The summed E-state index contributed by atoms with van der Waals surface area (Å²) in [5.74, 6) is 1.15. The maximum atomic E-state index is 12.7. The standard InChI is InChI=1S/C24H23F3N2O2.H2S/c1-15(18-13-29(2)14-18)28-23(30)17-6-11-21-16(12-17)4-3-5-22(21)31-20-9-7-19(8-10-20)24(25,26)27;/h3-12,15,18H,13-14H2,1-2H3,(H,28,30);1H2/t15-;/m0./s1. The fourth-order valence-electron chi connectivity index (χ4n) is 3.79. The van der Waals surface area contributed by atoms with E-state index in [-0.39, 0.29) is 25.4 Å². The predicted octanol–water partition coefficient (Wildman–Crippen LogP) is 5.44. The van der Waals surface area contributed by atoms with Crippen molar-refractivity contribution >= 4 is 30.2 Å². The lowest BCUT2D eigenvalue weighted by atomic mass is 9.93. The summed E-state index contributed by atoms with van der Waals surface area (Å²) in [7, 11) is 2.05. The molecule has 4 rings (SSSR count). The Morgan fingerprint density at radius 1 is 1.09 bits per heavy atom. The Morgan fingerprint density at radius 3 is 2.41 bits per heavy atom. The number of nitrogens with zero attached hydrogens (tertiary/aromatic N) is 1. The smallest absolute Gasteiger partial charge is 0.416 e. The van der Waals surface area contributed by atoms with Crippen LogP contribution in [0.25, 0.3) is 10.8 Å².